The van der Waals surface area contributed by atoms with Crippen molar-refractivity contribution in [2.75, 3.05) is 13.1 Å². The highest BCUT2D eigenvalue weighted by Gasteiger charge is 2.26. The zero-order valence-corrected chi connectivity index (χ0v) is 12.7. The first-order valence-electron chi connectivity index (χ1n) is 6.92. The van der Waals surface area contributed by atoms with Crippen molar-refractivity contribution in [1.29, 1.82) is 0 Å². The smallest absolute Gasteiger partial charge is 0.219 e. The molecule has 1 saturated heterocycles. The van der Waals surface area contributed by atoms with Crippen molar-refractivity contribution in [2.24, 2.45) is 5.92 Å². The van der Waals surface area contributed by atoms with Gasteiger partial charge in [0.1, 0.15) is 0 Å². The van der Waals surface area contributed by atoms with Gasteiger partial charge in [0, 0.05) is 37.2 Å². The largest absolute Gasteiger partial charge is 0.772 e. The normalized spacial score (nSPS) is 17.5. The maximum atomic E-state index is 12.4. The highest BCUT2D eigenvalue weighted by molar-refractivity contribution is 7.78. The van der Waals surface area contributed by atoms with Gasteiger partial charge in [-0.05, 0) is 18.4 Å². The van der Waals surface area contributed by atoms with Crippen LogP contribution >= 0.6 is 0 Å². The monoisotopic (exact) mass is 308 g/mol. The fourth-order valence-corrected chi connectivity index (χ4v) is 3.06. The number of hydrogen-bond donors (Lipinski definition) is 0. The third-order valence-corrected chi connectivity index (χ3v) is 4.40. The molecule has 1 aromatic rings. The van der Waals surface area contributed by atoms with Gasteiger partial charge in [0.2, 0.25) is 5.91 Å². The van der Waals surface area contributed by atoms with Gasteiger partial charge < -0.3 is 9.45 Å². The van der Waals surface area contributed by atoms with Gasteiger partial charge in [0.15, 0.2) is 5.78 Å². The van der Waals surface area contributed by atoms with Crippen LogP contribution in [0.2, 0.25) is 0 Å². The Morgan fingerprint density at radius 1 is 1.24 bits per heavy atom. The lowest BCUT2D eigenvalue weighted by Gasteiger charge is -2.30. The van der Waals surface area contributed by atoms with E-state index in [4.69, 9.17) is 0 Å². The molecule has 1 aliphatic heterocycles. The molecule has 0 radical (unpaired) electrons. The lowest BCUT2D eigenvalue weighted by atomic mass is 9.88. The molecule has 0 aliphatic carbocycles. The Labute approximate surface area is 126 Å². The molecule has 2 rings (SSSR count). The third kappa shape index (κ3) is 4.22. The Morgan fingerprint density at radius 3 is 2.29 bits per heavy atom. The summed E-state index contributed by atoms with van der Waals surface area (Å²) < 4.78 is 21.2. The summed E-state index contributed by atoms with van der Waals surface area (Å²) in [7, 11) is 0. The van der Waals surface area contributed by atoms with Crippen LogP contribution in [0.3, 0.4) is 0 Å². The molecule has 5 nitrogen and oxygen atoms in total. The van der Waals surface area contributed by atoms with Crippen LogP contribution in [-0.4, -0.2) is 38.4 Å². The molecule has 1 aliphatic rings. The average Bonchev–Trinajstić information content (AvgIpc) is 2.47. The van der Waals surface area contributed by atoms with Crippen LogP contribution < -0.4 is 0 Å². The summed E-state index contributed by atoms with van der Waals surface area (Å²) in [5.41, 5.74) is 1.28. The minimum Gasteiger partial charge on any atom is -0.772 e. The third-order valence-electron chi connectivity index (χ3n) is 3.83. The molecular weight excluding hydrogens is 290 g/mol. The molecule has 0 aromatic heterocycles. The van der Waals surface area contributed by atoms with Gasteiger partial charge >= 0.3 is 0 Å². The Morgan fingerprint density at radius 2 is 1.81 bits per heavy atom. The van der Waals surface area contributed by atoms with Gasteiger partial charge in [-0.2, -0.15) is 0 Å². The Kier molecular flexibility index (Phi) is 5.25. The van der Waals surface area contributed by atoms with E-state index in [1.807, 2.05) is 0 Å². The number of benzene rings is 1. The van der Waals surface area contributed by atoms with Gasteiger partial charge in [0.25, 0.3) is 0 Å². The highest BCUT2D eigenvalue weighted by Crippen LogP contribution is 2.22. The molecule has 1 unspecified atom stereocenters. The fourth-order valence-electron chi connectivity index (χ4n) is 2.59. The van der Waals surface area contributed by atoms with E-state index in [9.17, 15) is 18.4 Å². The van der Waals surface area contributed by atoms with Gasteiger partial charge in [-0.25, -0.2) is 0 Å². The first-order chi connectivity index (χ1) is 9.97. The lowest BCUT2D eigenvalue weighted by Crippen LogP contribution is -2.39. The topological polar surface area (TPSA) is 77.5 Å². The summed E-state index contributed by atoms with van der Waals surface area (Å²) >= 11 is -2.12. The van der Waals surface area contributed by atoms with E-state index in [0.717, 1.165) is 0 Å². The van der Waals surface area contributed by atoms with Crippen molar-refractivity contribution in [1.82, 2.24) is 4.90 Å². The fraction of sp³-hybridized carbons (Fsp3) is 0.467. The maximum Gasteiger partial charge on any atom is 0.219 e. The zero-order chi connectivity index (χ0) is 15.4. The van der Waals surface area contributed by atoms with Crippen LogP contribution in [0.15, 0.2) is 24.3 Å². The van der Waals surface area contributed by atoms with Crippen molar-refractivity contribution in [3.8, 4) is 0 Å². The predicted molar refractivity (Wildman–Crippen MR) is 78.4 cm³/mol. The first kappa shape index (κ1) is 15.9. The van der Waals surface area contributed by atoms with Crippen LogP contribution in [0.5, 0.6) is 0 Å². The van der Waals surface area contributed by atoms with Crippen LogP contribution in [0.25, 0.3) is 0 Å². The molecule has 0 saturated carbocycles. The number of carbonyl (C=O) groups is 2. The summed E-state index contributed by atoms with van der Waals surface area (Å²) in [6, 6.07) is 6.71. The summed E-state index contributed by atoms with van der Waals surface area (Å²) in [6.45, 7) is 2.79. The van der Waals surface area contributed by atoms with E-state index in [2.05, 4.69) is 0 Å². The second-order valence-corrected chi connectivity index (χ2v) is 6.19. The second kappa shape index (κ2) is 6.95. The molecule has 1 heterocycles. The van der Waals surface area contributed by atoms with E-state index in [1.165, 1.54) is 0 Å². The van der Waals surface area contributed by atoms with Crippen molar-refractivity contribution in [3.05, 3.63) is 35.4 Å². The average molecular weight is 308 g/mol. The molecular formula is C15H18NO4S-. The molecule has 114 valence electrons. The number of carbonyl (C=O) groups excluding carboxylic acids is 2. The maximum absolute atomic E-state index is 12.4. The molecule has 0 bridgehead atoms. The molecule has 21 heavy (non-hydrogen) atoms. The van der Waals surface area contributed by atoms with Crippen molar-refractivity contribution < 1.29 is 18.4 Å². The quantitative estimate of drug-likeness (QED) is 0.624. The van der Waals surface area contributed by atoms with E-state index >= 15 is 0 Å². The number of hydrogen-bond acceptors (Lipinski definition) is 4. The number of likely N-dealkylation sites (tertiary alicyclic amines) is 1. The molecule has 6 heteroatoms. The molecule has 1 atom stereocenters. The van der Waals surface area contributed by atoms with Gasteiger partial charge in [-0.1, -0.05) is 35.3 Å². The Bertz CT molecular complexity index is 547. The second-order valence-electron chi connectivity index (χ2n) is 5.29. The molecule has 0 N–H and O–H groups in total. The zero-order valence-electron chi connectivity index (χ0n) is 11.9. The van der Waals surface area contributed by atoms with E-state index < -0.39 is 11.1 Å². The van der Waals surface area contributed by atoms with Crippen molar-refractivity contribution in [2.45, 2.75) is 25.5 Å². The SMILES string of the molecule is CC(=O)N1CCC(C(=O)c2ccc(CS(=O)[O-])cc2)CC1. The lowest BCUT2D eigenvalue weighted by molar-refractivity contribution is -0.130. The van der Waals surface area contributed by atoms with Crippen LogP contribution in [0.1, 0.15) is 35.7 Å². The van der Waals surface area contributed by atoms with Crippen molar-refractivity contribution >= 4 is 22.8 Å². The van der Waals surface area contributed by atoms with Crippen LogP contribution in [0, 0.1) is 5.92 Å². The standard InChI is InChI=1S/C15H19NO4S/c1-11(17)16-8-6-14(7-9-16)15(18)13-4-2-12(3-5-13)10-21(19)20/h2-5,14H,6-10H2,1H3,(H,19,20)/p-1. The number of ketones is 1. The summed E-state index contributed by atoms with van der Waals surface area (Å²) in [5.74, 6) is 0.0369. The van der Waals surface area contributed by atoms with E-state index in [1.54, 1.807) is 36.1 Å². The molecule has 1 aromatic carbocycles. The van der Waals surface area contributed by atoms with Crippen LogP contribution in [0.4, 0.5) is 0 Å². The number of piperidine rings is 1. The number of Topliss-reactive ketones (excluding diaryl/α,β-unsaturated/α-hetero) is 1. The van der Waals surface area contributed by atoms with E-state index in [0.29, 0.717) is 37.1 Å². The van der Waals surface area contributed by atoms with Gasteiger partial charge in [0.05, 0.1) is 0 Å². The Hall–Kier alpha value is -1.53. The molecule has 0 spiro atoms. The summed E-state index contributed by atoms with van der Waals surface area (Å²) in [4.78, 5) is 25.4. The highest BCUT2D eigenvalue weighted by atomic mass is 32.2. The Balaban J connectivity index is 1.97. The summed E-state index contributed by atoms with van der Waals surface area (Å²) in [5, 5.41) is 0. The number of rotatable bonds is 4. The first-order valence-corrected chi connectivity index (χ1v) is 8.16. The van der Waals surface area contributed by atoms with E-state index in [-0.39, 0.29) is 23.4 Å². The number of amides is 1. The minimum absolute atomic E-state index is 0.0362. The van der Waals surface area contributed by atoms with Gasteiger partial charge in [-0.3, -0.25) is 13.8 Å². The van der Waals surface area contributed by atoms with Crippen LogP contribution in [-0.2, 0) is 21.6 Å². The molecule has 1 fully saturated rings. The minimum atomic E-state index is -2.12. The van der Waals surface area contributed by atoms with Gasteiger partial charge in [-0.15, -0.1) is 0 Å². The summed E-state index contributed by atoms with van der Waals surface area (Å²) in [6.07, 6.45) is 1.37. The predicted octanol–water partition coefficient (Wildman–Crippen LogP) is 1.51. The van der Waals surface area contributed by atoms with Crippen molar-refractivity contribution in [3.63, 3.8) is 0 Å². The molecule has 1 amide bonds. The number of nitrogens with zero attached hydrogens (tertiary/aromatic N) is 1.